The number of benzene rings is 1. The number of urea groups is 1. The van der Waals surface area contributed by atoms with Gasteiger partial charge in [0.2, 0.25) is 0 Å². The maximum absolute atomic E-state index is 12.5. The number of piperidine rings is 1. The Bertz CT molecular complexity index is 714. The summed E-state index contributed by atoms with van der Waals surface area (Å²) in [7, 11) is 0. The van der Waals surface area contributed by atoms with Crippen molar-refractivity contribution < 1.29 is 4.79 Å². The Morgan fingerprint density at radius 2 is 2.04 bits per heavy atom. The van der Waals surface area contributed by atoms with Crippen LogP contribution in [-0.4, -0.2) is 57.8 Å². The van der Waals surface area contributed by atoms with Crippen molar-refractivity contribution in [2.75, 3.05) is 26.2 Å². The molecule has 0 spiro atoms. The van der Waals surface area contributed by atoms with E-state index < -0.39 is 0 Å². The first kappa shape index (κ1) is 16.1. The lowest BCUT2D eigenvalue weighted by Gasteiger charge is -2.43. The average molecular weight is 339 g/mol. The van der Waals surface area contributed by atoms with E-state index in [0.29, 0.717) is 12.6 Å². The van der Waals surface area contributed by atoms with E-state index in [1.807, 2.05) is 52.3 Å². The lowest BCUT2D eigenvalue weighted by Crippen LogP contribution is -2.57. The number of hydrogen-bond acceptors (Lipinski definition) is 3. The van der Waals surface area contributed by atoms with Gasteiger partial charge in [0.15, 0.2) is 0 Å². The fraction of sp³-hybridized carbons (Fsp3) is 0.474. The van der Waals surface area contributed by atoms with Gasteiger partial charge in [-0.2, -0.15) is 5.10 Å². The number of carbonyl (C=O) groups excluding carboxylic acids is 1. The summed E-state index contributed by atoms with van der Waals surface area (Å²) in [5.74, 6) is 0. The van der Waals surface area contributed by atoms with Crippen molar-refractivity contribution in [1.29, 1.82) is 0 Å². The van der Waals surface area contributed by atoms with E-state index >= 15 is 0 Å². The zero-order valence-corrected chi connectivity index (χ0v) is 14.5. The molecule has 1 N–H and O–H groups in total. The Kier molecular flexibility index (Phi) is 4.70. The number of hydrogen-bond donors (Lipinski definition) is 1. The molecule has 1 aromatic heterocycles. The van der Waals surface area contributed by atoms with Crippen LogP contribution in [0.1, 0.15) is 24.8 Å². The van der Waals surface area contributed by atoms with Crippen molar-refractivity contribution in [3.63, 3.8) is 0 Å². The van der Waals surface area contributed by atoms with Crippen LogP contribution in [-0.2, 0) is 6.54 Å². The zero-order chi connectivity index (χ0) is 17.1. The topological polar surface area (TPSA) is 53.4 Å². The van der Waals surface area contributed by atoms with Crippen LogP contribution in [0.5, 0.6) is 0 Å². The Balaban J connectivity index is 1.31. The molecule has 0 radical (unpaired) electrons. The third-order valence-electron chi connectivity index (χ3n) is 5.23. The first-order valence-electron chi connectivity index (χ1n) is 9.15. The van der Waals surface area contributed by atoms with Gasteiger partial charge < -0.3 is 10.2 Å². The highest BCUT2D eigenvalue weighted by Gasteiger charge is 2.30. The maximum Gasteiger partial charge on any atom is 0.317 e. The van der Waals surface area contributed by atoms with Gasteiger partial charge in [0.1, 0.15) is 0 Å². The van der Waals surface area contributed by atoms with Gasteiger partial charge in [0, 0.05) is 44.0 Å². The van der Waals surface area contributed by atoms with Crippen LogP contribution in [0.25, 0.3) is 5.69 Å². The van der Waals surface area contributed by atoms with Gasteiger partial charge in [0.25, 0.3) is 0 Å². The van der Waals surface area contributed by atoms with Crippen LogP contribution < -0.4 is 5.32 Å². The average Bonchev–Trinajstić information content (AvgIpc) is 3.15. The van der Waals surface area contributed by atoms with E-state index in [2.05, 4.69) is 15.3 Å². The molecule has 25 heavy (non-hydrogen) atoms. The minimum Gasteiger partial charge on any atom is -0.334 e. The number of nitrogens with zero attached hydrogens (tertiary/aromatic N) is 4. The van der Waals surface area contributed by atoms with Crippen LogP contribution in [0.15, 0.2) is 42.7 Å². The summed E-state index contributed by atoms with van der Waals surface area (Å²) < 4.78 is 1.84. The van der Waals surface area contributed by atoms with Gasteiger partial charge >= 0.3 is 6.03 Å². The molecular weight excluding hydrogens is 314 g/mol. The molecule has 6 heteroatoms. The quantitative estimate of drug-likeness (QED) is 0.933. The van der Waals surface area contributed by atoms with E-state index in [9.17, 15) is 4.79 Å². The number of rotatable bonds is 3. The summed E-state index contributed by atoms with van der Waals surface area (Å²) >= 11 is 0. The van der Waals surface area contributed by atoms with Crippen LogP contribution in [0, 0.1) is 0 Å². The summed E-state index contributed by atoms with van der Waals surface area (Å²) in [4.78, 5) is 17.0. The van der Waals surface area contributed by atoms with Crippen LogP contribution in [0.4, 0.5) is 4.79 Å². The standard InChI is InChI=1S/C19H25N5O/c25-19(23-11-10-22-9-5-4-8-18(22)15-23)20-12-16-13-21-24(14-16)17-6-2-1-3-7-17/h1-3,6-7,13-14,18H,4-5,8-12,15H2,(H,20,25). The molecule has 132 valence electrons. The highest BCUT2D eigenvalue weighted by Crippen LogP contribution is 2.21. The van der Waals surface area contributed by atoms with Crippen molar-refractivity contribution in [2.45, 2.75) is 31.8 Å². The van der Waals surface area contributed by atoms with Crippen LogP contribution in [0.3, 0.4) is 0 Å². The molecule has 4 rings (SSSR count). The van der Waals surface area contributed by atoms with E-state index in [4.69, 9.17) is 0 Å². The van der Waals surface area contributed by atoms with Gasteiger partial charge in [-0.05, 0) is 31.5 Å². The molecule has 0 saturated carbocycles. The number of para-hydroxylation sites is 1. The monoisotopic (exact) mass is 339 g/mol. The summed E-state index contributed by atoms with van der Waals surface area (Å²) in [5, 5.41) is 7.42. The SMILES string of the molecule is O=C(NCc1cnn(-c2ccccc2)c1)N1CCN2CCCCC2C1. The molecule has 2 fully saturated rings. The number of carbonyl (C=O) groups is 1. The van der Waals surface area contributed by atoms with Crippen molar-refractivity contribution >= 4 is 6.03 Å². The third kappa shape index (κ3) is 3.69. The first-order chi connectivity index (χ1) is 12.3. The predicted octanol–water partition coefficient (Wildman–Crippen LogP) is 2.25. The second-order valence-corrected chi connectivity index (χ2v) is 6.92. The first-order valence-corrected chi connectivity index (χ1v) is 9.15. The molecule has 2 saturated heterocycles. The summed E-state index contributed by atoms with van der Waals surface area (Å²) in [6.07, 6.45) is 7.58. The highest BCUT2D eigenvalue weighted by atomic mass is 16.2. The largest absolute Gasteiger partial charge is 0.334 e. The van der Waals surface area contributed by atoms with Crippen molar-refractivity contribution in [3.8, 4) is 5.69 Å². The van der Waals surface area contributed by atoms with Gasteiger partial charge in [-0.1, -0.05) is 24.6 Å². The Hall–Kier alpha value is -2.34. The smallest absolute Gasteiger partial charge is 0.317 e. The molecule has 1 unspecified atom stereocenters. The maximum atomic E-state index is 12.5. The Labute approximate surface area is 148 Å². The molecule has 1 atom stereocenters. The second-order valence-electron chi connectivity index (χ2n) is 6.92. The van der Waals surface area contributed by atoms with Gasteiger partial charge in [0.05, 0.1) is 11.9 Å². The van der Waals surface area contributed by atoms with Crippen LogP contribution in [0.2, 0.25) is 0 Å². The molecule has 2 aliphatic heterocycles. The number of nitrogens with one attached hydrogen (secondary N) is 1. The van der Waals surface area contributed by atoms with E-state index in [-0.39, 0.29) is 6.03 Å². The molecule has 6 nitrogen and oxygen atoms in total. The number of piperazine rings is 1. The fourth-order valence-corrected chi connectivity index (χ4v) is 3.80. The summed E-state index contributed by atoms with van der Waals surface area (Å²) in [6.45, 7) is 4.39. The molecule has 1 aromatic carbocycles. The zero-order valence-electron chi connectivity index (χ0n) is 14.5. The minimum atomic E-state index is 0.0395. The molecule has 2 aromatic rings. The van der Waals surface area contributed by atoms with E-state index in [1.54, 1.807) is 0 Å². The number of amides is 2. The molecule has 0 bridgehead atoms. The van der Waals surface area contributed by atoms with E-state index in [0.717, 1.165) is 30.9 Å². The van der Waals surface area contributed by atoms with Gasteiger partial charge in [-0.15, -0.1) is 0 Å². The normalized spacial score (nSPS) is 21.0. The van der Waals surface area contributed by atoms with Crippen molar-refractivity contribution in [1.82, 2.24) is 24.9 Å². The number of aromatic nitrogens is 2. The molecule has 2 amide bonds. The second kappa shape index (κ2) is 7.27. The molecule has 2 aliphatic rings. The van der Waals surface area contributed by atoms with Crippen LogP contribution >= 0.6 is 0 Å². The van der Waals surface area contributed by atoms with Crippen molar-refractivity contribution in [2.24, 2.45) is 0 Å². The minimum absolute atomic E-state index is 0.0395. The molecule has 3 heterocycles. The lowest BCUT2D eigenvalue weighted by molar-refractivity contribution is 0.0643. The Morgan fingerprint density at radius 1 is 1.16 bits per heavy atom. The highest BCUT2D eigenvalue weighted by molar-refractivity contribution is 5.74. The third-order valence-corrected chi connectivity index (χ3v) is 5.23. The Morgan fingerprint density at radius 3 is 2.92 bits per heavy atom. The van der Waals surface area contributed by atoms with E-state index in [1.165, 1.54) is 25.8 Å². The van der Waals surface area contributed by atoms with Crippen molar-refractivity contribution in [3.05, 3.63) is 48.3 Å². The van der Waals surface area contributed by atoms with Gasteiger partial charge in [-0.3, -0.25) is 4.90 Å². The lowest BCUT2D eigenvalue weighted by atomic mass is 10.00. The summed E-state index contributed by atoms with van der Waals surface area (Å²) in [6, 6.07) is 10.6. The van der Waals surface area contributed by atoms with Gasteiger partial charge in [-0.25, -0.2) is 9.48 Å². The molecule has 0 aliphatic carbocycles. The molecular formula is C19H25N5O. The predicted molar refractivity (Wildman–Crippen MR) is 96.6 cm³/mol. The summed E-state index contributed by atoms with van der Waals surface area (Å²) in [5.41, 5.74) is 2.03. The fourth-order valence-electron chi connectivity index (χ4n) is 3.80. The number of fused-ring (bicyclic) bond motifs is 1.